The van der Waals surface area contributed by atoms with Gasteiger partial charge in [0.05, 0.1) is 5.52 Å². The molecule has 4 heteroatoms. The molecule has 0 aliphatic rings. The van der Waals surface area contributed by atoms with Crippen LogP contribution in [0.1, 0.15) is 5.56 Å². The van der Waals surface area contributed by atoms with Crippen LogP contribution in [0.15, 0.2) is 33.5 Å². The molecule has 2 rings (SSSR count). The summed E-state index contributed by atoms with van der Waals surface area (Å²) in [6.07, 6.45) is 4.09. The standard InChI is InChI=1S/C13H16N2O2/c1-14(2)8-4-5-10-6-7-11-12(9-10)17-13(16)15(11)3/h4-7,9H,8H2,1-3H3/b5-4+. The van der Waals surface area contributed by atoms with Gasteiger partial charge in [-0.25, -0.2) is 4.79 Å². The van der Waals surface area contributed by atoms with Gasteiger partial charge >= 0.3 is 5.76 Å². The molecular formula is C13H16N2O2. The maximum atomic E-state index is 11.3. The highest BCUT2D eigenvalue weighted by molar-refractivity contribution is 5.76. The van der Waals surface area contributed by atoms with Crippen LogP contribution in [0.25, 0.3) is 17.2 Å². The highest BCUT2D eigenvalue weighted by Crippen LogP contribution is 2.15. The maximum absolute atomic E-state index is 11.3. The Morgan fingerprint density at radius 3 is 2.88 bits per heavy atom. The van der Waals surface area contributed by atoms with Crippen LogP contribution in [-0.4, -0.2) is 30.1 Å². The Morgan fingerprint density at radius 1 is 1.41 bits per heavy atom. The van der Waals surface area contributed by atoms with Gasteiger partial charge in [-0.2, -0.15) is 0 Å². The number of aryl methyl sites for hydroxylation is 1. The fraction of sp³-hybridized carbons (Fsp3) is 0.308. The zero-order valence-electron chi connectivity index (χ0n) is 10.3. The van der Waals surface area contributed by atoms with Gasteiger partial charge in [0.2, 0.25) is 0 Å². The number of benzene rings is 1. The SMILES string of the molecule is CN(C)C/C=C/c1ccc2c(c1)oc(=O)n2C. The number of oxazole rings is 1. The average Bonchev–Trinajstić information content (AvgIpc) is 2.54. The van der Waals surface area contributed by atoms with Gasteiger partial charge in [-0.05, 0) is 31.8 Å². The molecule has 0 saturated heterocycles. The first kappa shape index (κ1) is 11.7. The van der Waals surface area contributed by atoms with Crippen LogP contribution in [0.3, 0.4) is 0 Å². The molecule has 0 bridgehead atoms. The molecule has 0 unspecified atom stereocenters. The number of aromatic nitrogens is 1. The first-order chi connectivity index (χ1) is 8.08. The minimum Gasteiger partial charge on any atom is -0.408 e. The molecule has 2 aromatic rings. The number of rotatable bonds is 3. The molecule has 1 aromatic heterocycles. The second kappa shape index (κ2) is 4.59. The topological polar surface area (TPSA) is 38.4 Å². The van der Waals surface area contributed by atoms with E-state index in [1.165, 1.54) is 4.57 Å². The van der Waals surface area contributed by atoms with Crippen LogP contribution in [0, 0.1) is 0 Å². The summed E-state index contributed by atoms with van der Waals surface area (Å²) in [5, 5.41) is 0. The van der Waals surface area contributed by atoms with Crippen molar-refractivity contribution in [3.8, 4) is 0 Å². The summed E-state index contributed by atoms with van der Waals surface area (Å²) < 4.78 is 6.63. The lowest BCUT2D eigenvalue weighted by molar-refractivity contribution is 0.457. The van der Waals surface area contributed by atoms with Crippen molar-refractivity contribution >= 4 is 17.2 Å². The molecule has 4 nitrogen and oxygen atoms in total. The normalized spacial score (nSPS) is 12.0. The van der Waals surface area contributed by atoms with E-state index in [1.54, 1.807) is 7.05 Å². The molecule has 0 spiro atoms. The van der Waals surface area contributed by atoms with Gasteiger partial charge in [-0.1, -0.05) is 18.2 Å². The van der Waals surface area contributed by atoms with Gasteiger partial charge < -0.3 is 9.32 Å². The molecule has 0 radical (unpaired) electrons. The summed E-state index contributed by atoms with van der Waals surface area (Å²) in [6.45, 7) is 0.886. The maximum Gasteiger partial charge on any atom is 0.419 e. The number of hydrogen-bond donors (Lipinski definition) is 0. The minimum atomic E-state index is -0.325. The van der Waals surface area contributed by atoms with Gasteiger partial charge in [-0.15, -0.1) is 0 Å². The third-order valence-corrected chi connectivity index (χ3v) is 2.60. The Kier molecular flexibility index (Phi) is 3.15. The van der Waals surface area contributed by atoms with E-state index in [1.807, 2.05) is 38.4 Å². The van der Waals surface area contributed by atoms with Crippen molar-refractivity contribution in [3.05, 3.63) is 40.4 Å². The summed E-state index contributed by atoms with van der Waals surface area (Å²) in [5.41, 5.74) is 2.48. The van der Waals surface area contributed by atoms with E-state index in [9.17, 15) is 4.79 Å². The average molecular weight is 232 g/mol. The van der Waals surface area contributed by atoms with Gasteiger partial charge in [0.25, 0.3) is 0 Å². The fourth-order valence-corrected chi connectivity index (χ4v) is 1.65. The van der Waals surface area contributed by atoms with E-state index in [0.717, 1.165) is 17.6 Å². The summed E-state index contributed by atoms with van der Waals surface area (Å²) in [7, 11) is 5.74. The van der Waals surface area contributed by atoms with E-state index in [2.05, 4.69) is 11.0 Å². The fourth-order valence-electron chi connectivity index (χ4n) is 1.65. The van der Waals surface area contributed by atoms with Crippen molar-refractivity contribution in [3.63, 3.8) is 0 Å². The molecule has 17 heavy (non-hydrogen) atoms. The number of fused-ring (bicyclic) bond motifs is 1. The van der Waals surface area contributed by atoms with E-state index < -0.39 is 0 Å². The zero-order chi connectivity index (χ0) is 12.4. The molecule has 90 valence electrons. The molecule has 0 saturated carbocycles. The molecular weight excluding hydrogens is 216 g/mol. The molecule has 1 heterocycles. The second-order valence-electron chi connectivity index (χ2n) is 4.32. The summed E-state index contributed by atoms with van der Waals surface area (Å²) >= 11 is 0. The lowest BCUT2D eigenvalue weighted by Crippen LogP contribution is -2.10. The van der Waals surface area contributed by atoms with E-state index in [-0.39, 0.29) is 5.76 Å². The van der Waals surface area contributed by atoms with Crippen LogP contribution in [0.5, 0.6) is 0 Å². The first-order valence-electron chi connectivity index (χ1n) is 5.49. The van der Waals surface area contributed by atoms with Crippen molar-refractivity contribution in [2.24, 2.45) is 7.05 Å². The summed E-state index contributed by atoms with van der Waals surface area (Å²) in [4.78, 5) is 13.4. The van der Waals surface area contributed by atoms with Gasteiger partial charge in [0.15, 0.2) is 5.58 Å². The number of likely N-dealkylation sites (N-methyl/N-ethyl adjacent to an activating group) is 1. The third-order valence-electron chi connectivity index (χ3n) is 2.60. The minimum absolute atomic E-state index is 0.325. The van der Waals surface area contributed by atoms with Crippen molar-refractivity contribution in [2.45, 2.75) is 0 Å². The second-order valence-corrected chi connectivity index (χ2v) is 4.32. The highest BCUT2D eigenvalue weighted by Gasteiger charge is 2.04. The van der Waals surface area contributed by atoms with Crippen LogP contribution < -0.4 is 5.76 Å². The molecule has 0 aliphatic heterocycles. The Hall–Kier alpha value is -1.81. The Bertz CT molecular complexity index is 605. The predicted octanol–water partition coefficient (Wildman–Crippen LogP) is 1.71. The molecule has 1 aromatic carbocycles. The van der Waals surface area contributed by atoms with Crippen LogP contribution in [0.2, 0.25) is 0 Å². The van der Waals surface area contributed by atoms with E-state index in [0.29, 0.717) is 5.58 Å². The van der Waals surface area contributed by atoms with Gasteiger partial charge in [0, 0.05) is 13.6 Å². The molecule has 0 N–H and O–H groups in total. The number of hydrogen-bond acceptors (Lipinski definition) is 3. The molecule has 0 fully saturated rings. The Morgan fingerprint density at radius 2 is 2.18 bits per heavy atom. The first-order valence-corrected chi connectivity index (χ1v) is 5.49. The van der Waals surface area contributed by atoms with Gasteiger partial charge in [-0.3, -0.25) is 4.57 Å². The van der Waals surface area contributed by atoms with Crippen molar-refractivity contribution in [1.29, 1.82) is 0 Å². The van der Waals surface area contributed by atoms with E-state index >= 15 is 0 Å². The highest BCUT2D eigenvalue weighted by atomic mass is 16.4. The Labute approximate surface area is 99.8 Å². The summed E-state index contributed by atoms with van der Waals surface area (Å²) in [5.74, 6) is -0.325. The van der Waals surface area contributed by atoms with Crippen LogP contribution in [0.4, 0.5) is 0 Å². The van der Waals surface area contributed by atoms with Crippen LogP contribution in [-0.2, 0) is 7.05 Å². The quantitative estimate of drug-likeness (QED) is 0.808. The van der Waals surface area contributed by atoms with Gasteiger partial charge in [0.1, 0.15) is 0 Å². The third kappa shape index (κ3) is 2.47. The largest absolute Gasteiger partial charge is 0.419 e. The van der Waals surface area contributed by atoms with Crippen molar-refractivity contribution in [2.75, 3.05) is 20.6 Å². The van der Waals surface area contributed by atoms with Crippen LogP contribution >= 0.6 is 0 Å². The lowest BCUT2D eigenvalue weighted by Gasteiger charge is -2.03. The lowest BCUT2D eigenvalue weighted by atomic mass is 10.2. The smallest absolute Gasteiger partial charge is 0.408 e. The van der Waals surface area contributed by atoms with Crippen molar-refractivity contribution < 1.29 is 4.42 Å². The monoisotopic (exact) mass is 232 g/mol. The predicted molar refractivity (Wildman–Crippen MR) is 69.0 cm³/mol. The summed E-state index contributed by atoms with van der Waals surface area (Å²) in [6, 6.07) is 5.75. The molecule has 0 atom stereocenters. The molecule has 0 aliphatic carbocycles. The number of nitrogens with zero attached hydrogens (tertiary/aromatic N) is 2. The Balaban J connectivity index is 2.32. The van der Waals surface area contributed by atoms with Crippen molar-refractivity contribution in [1.82, 2.24) is 9.47 Å². The zero-order valence-corrected chi connectivity index (χ0v) is 10.3. The molecule has 0 amide bonds. The van der Waals surface area contributed by atoms with E-state index in [4.69, 9.17) is 4.42 Å².